The third kappa shape index (κ3) is 6.22. The van der Waals surface area contributed by atoms with Gasteiger partial charge in [-0.05, 0) is 54.2 Å². The molecule has 1 fully saturated rings. The molecule has 0 atom stereocenters. The average molecular weight is 537 g/mol. The number of rotatable bonds is 8. The molecular weight excluding hydrogens is 509 g/mol. The van der Waals surface area contributed by atoms with Gasteiger partial charge in [0.1, 0.15) is 5.75 Å². The smallest absolute Gasteiger partial charge is 0.427 e. The number of hydrogen-bond acceptors (Lipinski definition) is 1. The maximum absolute atomic E-state index is 14.6. The number of hydrogen-bond donors (Lipinski definition) is 0. The molecule has 0 spiro atoms. The lowest BCUT2D eigenvalue weighted by atomic mass is 9.77. The van der Waals surface area contributed by atoms with Crippen molar-refractivity contribution in [1.82, 2.24) is 0 Å². The lowest BCUT2D eigenvalue weighted by Crippen LogP contribution is -2.26. The van der Waals surface area contributed by atoms with Crippen molar-refractivity contribution < 1.29 is 35.5 Å². The van der Waals surface area contributed by atoms with Crippen LogP contribution in [0.1, 0.15) is 62.5 Å². The van der Waals surface area contributed by atoms with E-state index in [-0.39, 0.29) is 12.1 Å². The summed E-state index contributed by atoms with van der Waals surface area (Å²) < 4.78 is 101. The van der Waals surface area contributed by atoms with Gasteiger partial charge in [0, 0.05) is 17.7 Å². The first kappa shape index (κ1) is 27.7. The van der Waals surface area contributed by atoms with Gasteiger partial charge in [-0.2, -0.15) is 13.2 Å². The zero-order valence-electron chi connectivity index (χ0n) is 20.7. The van der Waals surface area contributed by atoms with Crippen molar-refractivity contribution in [2.75, 3.05) is 0 Å². The molecule has 0 heterocycles. The highest BCUT2D eigenvalue weighted by molar-refractivity contribution is 5.69. The van der Waals surface area contributed by atoms with Gasteiger partial charge in [-0.25, -0.2) is 17.6 Å². The quantitative estimate of drug-likeness (QED) is 0.206. The highest BCUT2D eigenvalue weighted by atomic mass is 19.3. The van der Waals surface area contributed by atoms with Crippen molar-refractivity contribution in [3.63, 3.8) is 0 Å². The van der Waals surface area contributed by atoms with Crippen LogP contribution in [0, 0.1) is 23.4 Å². The van der Waals surface area contributed by atoms with E-state index in [4.69, 9.17) is 0 Å². The summed E-state index contributed by atoms with van der Waals surface area (Å²) in [5.41, 5.74) is 2.30. The van der Waals surface area contributed by atoms with Crippen LogP contribution in [0.5, 0.6) is 5.75 Å². The summed E-state index contributed by atoms with van der Waals surface area (Å²) in [6.45, 7) is 2.21. The maximum Gasteiger partial charge on any atom is 0.457 e. The van der Waals surface area contributed by atoms with Crippen LogP contribution in [0.4, 0.5) is 30.7 Å². The molecule has 4 rings (SSSR count). The standard InChI is InChI=1S/C30H27F7O/c1-2-3-18-4-6-19(7-5-18)20-8-10-21(11-9-20)22-12-14-23(15-13-22)27(33)29(35)30(36,37)38-24-16-25(31)28(34)26(32)17-24/h8-19H,2-7H2,1H3. The van der Waals surface area contributed by atoms with E-state index >= 15 is 0 Å². The zero-order chi connectivity index (χ0) is 27.4. The summed E-state index contributed by atoms with van der Waals surface area (Å²) in [6.07, 6.45) is 2.39. The van der Waals surface area contributed by atoms with Crippen LogP contribution >= 0.6 is 0 Å². The number of ether oxygens (including phenoxy) is 1. The monoisotopic (exact) mass is 536 g/mol. The molecule has 8 heteroatoms. The van der Waals surface area contributed by atoms with E-state index in [0.717, 1.165) is 36.5 Å². The Morgan fingerprint density at radius 2 is 1.34 bits per heavy atom. The van der Waals surface area contributed by atoms with E-state index in [1.165, 1.54) is 43.4 Å². The summed E-state index contributed by atoms with van der Waals surface area (Å²) in [7, 11) is 0. The minimum absolute atomic E-state index is 0.106. The van der Waals surface area contributed by atoms with Crippen LogP contribution in [0.15, 0.2) is 66.5 Å². The summed E-state index contributed by atoms with van der Waals surface area (Å²) in [5.74, 6) is -9.91. The molecular formula is C30H27F7O. The molecule has 0 unspecified atom stereocenters. The van der Waals surface area contributed by atoms with Gasteiger partial charge in [-0.15, -0.1) is 0 Å². The van der Waals surface area contributed by atoms with Crippen molar-refractivity contribution in [2.45, 2.75) is 57.5 Å². The normalized spacial score (nSPS) is 18.7. The predicted molar refractivity (Wildman–Crippen MR) is 133 cm³/mol. The van der Waals surface area contributed by atoms with Gasteiger partial charge < -0.3 is 4.74 Å². The fourth-order valence-electron chi connectivity index (χ4n) is 4.99. The Hall–Kier alpha value is -3.29. The molecule has 38 heavy (non-hydrogen) atoms. The van der Waals surface area contributed by atoms with Gasteiger partial charge >= 0.3 is 6.11 Å². The van der Waals surface area contributed by atoms with Gasteiger partial charge in [0.15, 0.2) is 23.3 Å². The molecule has 0 radical (unpaired) electrons. The summed E-state index contributed by atoms with van der Waals surface area (Å²) in [5, 5.41) is 0. The maximum atomic E-state index is 14.6. The topological polar surface area (TPSA) is 9.23 Å². The second kappa shape index (κ2) is 11.6. The third-order valence-corrected chi connectivity index (χ3v) is 7.05. The molecule has 0 bridgehead atoms. The van der Waals surface area contributed by atoms with Crippen LogP contribution in [0.2, 0.25) is 0 Å². The lowest BCUT2D eigenvalue weighted by molar-refractivity contribution is -0.156. The van der Waals surface area contributed by atoms with E-state index in [2.05, 4.69) is 23.8 Å². The molecule has 0 aliphatic heterocycles. The van der Waals surface area contributed by atoms with Gasteiger partial charge in [-0.3, -0.25) is 0 Å². The first-order valence-corrected chi connectivity index (χ1v) is 12.6. The van der Waals surface area contributed by atoms with Crippen molar-refractivity contribution in [3.05, 3.63) is 95.1 Å². The van der Waals surface area contributed by atoms with Crippen molar-refractivity contribution in [1.29, 1.82) is 0 Å². The Morgan fingerprint density at radius 3 is 1.87 bits per heavy atom. The van der Waals surface area contributed by atoms with Gasteiger partial charge in [0.25, 0.3) is 0 Å². The van der Waals surface area contributed by atoms with Gasteiger partial charge in [0.2, 0.25) is 5.83 Å². The van der Waals surface area contributed by atoms with Crippen molar-refractivity contribution in [3.8, 4) is 16.9 Å². The molecule has 3 aromatic rings. The first-order valence-electron chi connectivity index (χ1n) is 12.6. The van der Waals surface area contributed by atoms with E-state index < -0.39 is 46.5 Å². The molecule has 1 saturated carbocycles. The van der Waals surface area contributed by atoms with Crippen LogP contribution in [-0.4, -0.2) is 6.11 Å². The van der Waals surface area contributed by atoms with E-state index in [1.54, 1.807) is 0 Å². The Kier molecular flexibility index (Phi) is 8.48. The molecule has 1 aliphatic carbocycles. The molecule has 0 saturated heterocycles. The summed E-state index contributed by atoms with van der Waals surface area (Å²) in [4.78, 5) is 0. The van der Waals surface area contributed by atoms with E-state index in [1.807, 2.05) is 12.1 Å². The molecule has 202 valence electrons. The zero-order valence-corrected chi connectivity index (χ0v) is 20.7. The average Bonchev–Trinajstić information content (AvgIpc) is 2.91. The highest BCUT2D eigenvalue weighted by Crippen LogP contribution is 2.39. The molecule has 3 aromatic carbocycles. The molecule has 1 aliphatic rings. The summed E-state index contributed by atoms with van der Waals surface area (Å²) >= 11 is 0. The Labute approximate surface area is 217 Å². The van der Waals surface area contributed by atoms with Gasteiger partial charge in [0.05, 0.1) is 0 Å². The summed E-state index contributed by atoms with van der Waals surface area (Å²) in [6, 6.07) is 13.4. The Morgan fingerprint density at radius 1 is 0.816 bits per heavy atom. The second-order valence-corrected chi connectivity index (χ2v) is 9.65. The Balaban J connectivity index is 1.45. The minimum Gasteiger partial charge on any atom is -0.427 e. The van der Waals surface area contributed by atoms with Crippen LogP contribution < -0.4 is 4.74 Å². The number of halogens is 7. The van der Waals surface area contributed by atoms with Crippen molar-refractivity contribution >= 4 is 5.83 Å². The fraction of sp³-hybridized carbons (Fsp3) is 0.333. The largest absolute Gasteiger partial charge is 0.457 e. The molecule has 1 nitrogen and oxygen atoms in total. The fourth-order valence-corrected chi connectivity index (χ4v) is 4.99. The van der Waals surface area contributed by atoms with E-state index in [9.17, 15) is 30.7 Å². The molecule has 0 N–H and O–H groups in total. The Bertz CT molecular complexity index is 1250. The second-order valence-electron chi connectivity index (χ2n) is 9.65. The van der Waals surface area contributed by atoms with Crippen LogP contribution in [0.3, 0.4) is 0 Å². The van der Waals surface area contributed by atoms with Gasteiger partial charge in [-0.1, -0.05) is 68.3 Å². The third-order valence-electron chi connectivity index (χ3n) is 7.05. The van der Waals surface area contributed by atoms with E-state index in [0.29, 0.717) is 11.5 Å². The van der Waals surface area contributed by atoms with Crippen molar-refractivity contribution in [2.24, 2.45) is 5.92 Å². The lowest BCUT2D eigenvalue weighted by Gasteiger charge is -2.28. The SMILES string of the molecule is CCCC1CCC(c2ccc(-c3ccc(C(F)=C(F)C(F)(F)Oc4cc(F)c(F)c(F)c4)cc3)cc2)CC1. The van der Waals surface area contributed by atoms with Crippen LogP contribution in [0.25, 0.3) is 17.0 Å². The highest BCUT2D eigenvalue weighted by Gasteiger charge is 2.42. The first-order chi connectivity index (χ1) is 18.1. The molecule has 0 aromatic heterocycles. The predicted octanol–water partition coefficient (Wildman–Crippen LogP) is 10.1. The minimum atomic E-state index is -4.90. The number of alkyl halides is 2. The molecule has 0 amide bonds. The number of benzene rings is 3. The van der Waals surface area contributed by atoms with Crippen LogP contribution in [-0.2, 0) is 0 Å².